The molecule has 0 bridgehead atoms. The smallest absolute Gasteiger partial charge is 0.267 e. The van der Waals surface area contributed by atoms with Crippen LogP contribution in [0.25, 0.3) is 0 Å². The molecule has 1 N–H and O–H groups in total. The Morgan fingerprint density at radius 3 is 2.57 bits per heavy atom. The monoisotopic (exact) mass is 185 g/mol. The predicted molar refractivity (Wildman–Crippen MR) is 53.6 cm³/mol. The summed E-state index contributed by atoms with van der Waals surface area (Å²) in [6, 6.07) is 9.52. The van der Waals surface area contributed by atoms with Gasteiger partial charge in [-0.15, -0.1) is 0 Å². The van der Waals surface area contributed by atoms with E-state index in [1.807, 2.05) is 30.3 Å². The van der Waals surface area contributed by atoms with Gasteiger partial charge in [0.15, 0.2) is 0 Å². The van der Waals surface area contributed by atoms with E-state index in [4.69, 9.17) is 0 Å². The summed E-state index contributed by atoms with van der Waals surface area (Å²) >= 11 is 0. The van der Waals surface area contributed by atoms with Gasteiger partial charge in [0, 0.05) is 6.08 Å². The summed E-state index contributed by atoms with van der Waals surface area (Å²) in [5.41, 5.74) is 4.46. The molecule has 0 aromatic heterocycles. The maximum absolute atomic E-state index is 11.3. The molecule has 1 heterocycles. The van der Waals surface area contributed by atoms with Gasteiger partial charge in [-0.25, -0.2) is 5.43 Å². The Morgan fingerprint density at radius 1 is 1.29 bits per heavy atom. The molecule has 0 spiro atoms. The van der Waals surface area contributed by atoms with Crippen molar-refractivity contribution in [2.24, 2.45) is 5.10 Å². The topological polar surface area (TPSA) is 41.5 Å². The number of nitrogens with zero attached hydrogens (tertiary/aromatic N) is 1. The highest BCUT2D eigenvalue weighted by Crippen LogP contribution is 2.08. The zero-order valence-corrected chi connectivity index (χ0v) is 7.74. The highest BCUT2D eigenvalue weighted by Gasteiger charge is 2.18. The number of amides is 1. The van der Waals surface area contributed by atoms with E-state index >= 15 is 0 Å². The lowest BCUT2D eigenvalue weighted by Gasteiger charge is -1.94. The van der Waals surface area contributed by atoms with Crippen LogP contribution in [-0.4, -0.2) is 11.6 Å². The van der Waals surface area contributed by atoms with Gasteiger partial charge in [-0.2, -0.15) is 5.10 Å². The lowest BCUT2D eigenvalue weighted by atomic mass is 10.1. The second-order valence-corrected chi connectivity index (χ2v) is 3.00. The molecule has 1 aliphatic heterocycles. The molecule has 14 heavy (non-hydrogen) atoms. The molecule has 3 heteroatoms. The fraction of sp³-hybridized carbons (Fsp3) is 0.0909. The molecule has 0 saturated heterocycles. The van der Waals surface area contributed by atoms with E-state index in [0.29, 0.717) is 11.3 Å². The highest BCUT2D eigenvalue weighted by molar-refractivity contribution is 6.23. The number of carbonyl (C=O) groups excluding carboxylic acids is 1. The van der Waals surface area contributed by atoms with E-state index < -0.39 is 0 Å². The fourth-order valence-electron chi connectivity index (χ4n) is 1.22. The Labute approximate surface area is 82.1 Å². The Morgan fingerprint density at radius 2 is 2.00 bits per heavy atom. The van der Waals surface area contributed by atoms with Gasteiger partial charge >= 0.3 is 0 Å². The van der Waals surface area contributed by atoms with Gasteiger partial charge in [-0.1, -0.05) is 30.3 Å². The van der Waals surface area contributed by atoms with Crippen LogP contribution in [0, 0.1) is 6.08 Å². The average molecular weight is 185 g/mol. The van der Waals surface area contributed by atoms with Crippen molar-refractivity contribution in [3.8, 4) is 0 Å². The molecule has 69 valence electrons. The number of hydrogen-bond acceptors (Lipinski definition) is 2. The van der Waals surface area contributed by atoms with Gasteiger partial charge in [-0.3, -0.25) is 4.79 Å². The van der Waals surface area contributed by atoms with Crippen LogP contribution in [0.2, 0.25) is 0 Å². The van der Waals surface area contributed by atoms with Crippen molar-refractivity contribution in [2.45, 2.75) is 6.92 Å². The van der Waals surface area contributed by atoms with Gasteiger partial charge in [0.2, 0.25) is 0 Å². The van der Waals surface area contributed by atoms with Crippen molar-refractivity contribution in [3.05, 3.63) is 47.5 Å². The van der Waals surface area contributed by atoms with Gasteiger partial charge in [-0.05, 0) is 12.5 Å². The first-order valence-electron chi connectivity index (χ1n) is 4.31. The van der Waals surface area contributed by atoms with Crippen molar-refractivity contribution >= 4 is 11.6 Å². The quantitative estimate of drug-likeness (QED) is 0.658. The maximum atomic E-state index is 11.3. The molecular formula is C11H9N2O. The number of nitrogens with one attached hydrogen (secondary N) is 1. The SMILES string of the molecule is CC1=NNC(=O)C1=[C]c1ccccc1. The van der Waals surface area contributed by atoms with Crippen LogP contribution in [0.4, 0.5) is 0 Å². The minimum Gasteiger partial charge on any atom is -0.267 e. The molecule has 1 aromatic rings. The van der Waals surface area contributed by atoms with E-state index in [0.717, 1.165) is 5.56 Å². The van der Waals surface area contributed by atoms with Crippen LogP contribution < -0.4 is 5.43 Å². The minimum absolute atomic E-state index is 0.189. The van der Waals surface area contributed by atoms with E-state index in [1.54, 1.807) is 6.92 Å². The van der Waals surface area contributed by atoms with Gasteiger partial charge in [0.25, 0.3) is 5.91 Å². The van der Waals surface area contributed by atoms with Crippen LogP contribution in [0.15, 0.2) is 41.0 Å². The summed E-state index contributed by atoms with van der Waals surface area (Å²) in [4.78, 5) is 11.3. The van der Waals surface area contributed by atoms with E-state index in [1.165, 1.54) is 0 Å². The number of hydrogen-bond donors (Lipinski definition) is 1. The first kappa shape index (κ1) is 8.69. The van der Waals surface area contributed by atoms with Crippen LogP contribution in [0.5, 0.6) is 0 Å². The third-order valence-corrected chi connectivity index (χ3v) is 1.96. The number of hydrazone groups is 1. The molecule has 2 rings (SSSR count). The van der Waals surface area contributed by atoms with Crippen molar-refractivity contribution in [1.29, 1.82) is 0 Å². The van der Waals surface area contributed by atoms with Gasteiger partial charge in [0.05, 0.1) is 11.3 Å². The van der Waals surface area contributed by atoms with E-state index in [9.17, 15) is 4.79 Å². The molecular weight excluding hydrogens is 176 g/mol. The van der Waals surface area contributed by atoms with Crippen LogP contribution >= 0.6 is 0 Å². The number of benzene rings is 1. The largest absolute Gasteiger partial charge is 0.273 e. The second kappa shape index (κ2) is 3.46. The Kier molecular flexibility index (Phi) is 2.14. The van der Waals surface area contributed by atoms with Crippen LogP contribution in [0.3, 0.4) is 0 Å². The summed E-state index contributed by atoms with van der Waals surface area (Å²) in [6.07, 6.45) is 3.01. The lowest BCUT2D eigenvalue weighted by molar-refractivity contribution is -0.116. The summed E-state index contributed by atoms with van der Waals surface area (Å²) in [5, 5.41) is 3.81. The Balaban J connectivity index is 2.36. The lowest BCUT2D eigenvalue weighted by Crippen LogP contribution is -2.12. The summed E-state index contributed by atoms with van der Waals surface area (Å²) < 4.78 is 0. The first-order chi connectivity index (χ1) is 6.77. The van der Waals surface area contributed by atoms with Crippen molar-refractivity contribution in [1.82, 2.24) is 5.43 Å². The van der Waals surface area contributed by atoms with Crippen LogP contribution in [0.1, 0.15) is 12.5 Å². The zero-order valence-electron chi connectivity index (χ0n) is 7.74. The Hall–Kier alpha value is -1.90. The summed E-state index contributed by atoms with van der Waals surface area (Å²) in [7, 11) is 0. The number of rotatable bonds is 1. The highest BCUT2D eigenvalue weighted by atomic mass is 16.2. The van der Waals surface area contributed by atoms with E-state index in [-0.39, 0.29) is 5.91 Å². The molecule has 0 fully saturated rings. The molecule has 0 saturated carbocycles. The second-order valence-electron chi connectivity index (χ2n) is 3.00. The van der Waals surface area contributed by atoms with Crippen molar-refractivity contribution in [2.75, 3.05) is 0 Å². The molecule has 0 unspecified atom stereocenters. The normalized spacial score (nSPS) is 18.2. The van der Waals surface area contributed by atoms with Crippen molar-refractivity contribution in [3.63, 3.8) is 0 Å². The van der Waals surface area contributed by atoms with E-state index in [2.05, 4.69) is 16.6 Å². The van der Waals surface area contributed by atoms with Crippen molar-refractivity contribution < 1.29 is 4.79 Å². The molecule has 1 aromatic carbocycles. The maximum Gasteiger partial charge on any atom is 0.273 e. The summed E-state index contributed by atoms with van der Waals surface area (Å²) in [5.74, 6) is -0.189. The third kappa shape index (κ3) is 1.57. The number of carbonyl (C=O) groups is 1. The molecule has 1 aliphatic rings. The predicted octanol–water partition coefficient (Wildman–Crippen LogP) is 1.27. The Bertz CT molecular complexity index is 418. The molecule has 1 radical (unpaired) electrons. The van der Waals surface area contributed by atoms with Gasteiger partial charge in [0.1, 0.15) is 0 Å². The minimum atomic E-state index is -0.189. The summed E-state index contributed by atoms with van der Waals surface area (Å²) in [6.45, 7) is 1.78. The van der Waals surface area contributed by atoms with Gasteiger partial charge < -0.3 is 0 Å². The molecule has 0 atom stereocenters. The standard InChI is InChI=1S/C11H9N2O/c1-8-10(11(14)13-12-8)7-9-5-3-2-4-6-9/h2-6H,1H3,(H,13,14). The van der Waals surface area contributed by atoms with Crippen LogP contribution in [-0.2, 0) is 4.79 Å². The fourth-order valence-corrected chi connectivity index (χ4v) is 1.22. The zero-order chi connectivity index (χ0) is 9.97. The first-order valence-corrected chi connectivity index (χ1v) is 4.31. The average Bonchev–Trinajstić information content (AvgIpc) is 2.51. The third-order valence-electron chi connectivity index (χ3n) is 1.96. The molecule has 1 amide bonds. The molecule has 3 nitrogen and oxygen atoms in total. The molecule has 0 aliphatic carbocycles.